The van der Waals surface area contributed by atoms with Crippen molar-refractivity contribution in [2.75, 3.05) is 7.11 Å². The van der Waals surface area contributed by atoms with E-state index in [0.717, 1.165) is 16.9 Å². The minimum absolute atomic E-state index is 0.406. The maximum atomic E-state index is 11.2. The van der Waals surface area contributed by atoms with Crippen molar-refractivity contribution in [1.82, 2.24) is 4.98 Å². The maximum Gasteiger partial charge on any atom is 0.339 e. The number of carbonyl (C=O) groups excluding carboxylic acids is 2. The van der Waals surface area contributed by atoms with E-state index < -0.39 is 5.97 Å². The second-order valence-corrected chi connectivity index (χ2v) is 4.36. The van der Waals surface area contributed by atoms with Crippen LogP contribution in [0.25, 0.3) is 10.6 Å². The Kier molecular flexibility index (Phi) is 3.30. The van der Waals surface area contributed by atoms with Crippen molar-refractivity contribution in [2.45, 2.75) is 0 Å². The summed E-state index contributed by atoms with van der Waals surface area (Å²) in [5, 5.41) is 0. The van der Waals surface area contributed by atoms with E-state index in [4.69, 9.17) is 0 Å². The Labute approximate surface area is 102 Å². The minimum atomic E-state index is -0.413. The van der Waals surface area contributed by atoms with E-state index in [1.165, 1.54) is 24.6 Å². The van der Waals surface area contributed by atoms with Gasteiger partial charge in [-0.15, -0.1) is 11.3 Å². The summed E-state index contributed by atoms with van der Waals surface area (Å²) in [6.45, 7) is 0. The Morgan fingerprint density at radius 2 is 2.18 bits per heavy atom. The summed E-state index contributed by atoms with van der Waals surface area (Å²) in [4.78, 5) is 27.5. The standard InChI is InChI=1S/C12H9NO3S/c1-16-12(15)8-2-4-10(13-6-8)11-5-3-9(7-14)17-11/h2-7H,1H3. The number of aldehydes is 1. The molecular formula is C12H9NO3S. The largest absolute Gasteiger partial charge is 0.465 e. The number of hydrogen-bond acceptors (Lipinski definition) is 5. The number of hydrogen-bond donors (Lipinski definition) is 0. The van der Waals surface area contributed by atoms with Gasteiger partial charge in [0.05, 0.1) is 28.1 Å². The number of aromatic nitrogens is 1. The summed E-state index contributed by atoms with van der Waals surface area (Å²) in [5.74, 6) is -0.413. The van der Waals surface area contributed by atoms with Crippen LogP contribution in [0, 0.1) is 0 Å². The molecule has 86 valence electrons. The molecule has 0 fully saturated rings. The summed E-state index contributed by atoms with van der Waals surface area (Å²) >= 11 is 1.36. The number of esters is 1. The molecule has 0 saturated carbocycles. The highest BCUT2D eigenvalue weighted by Gasteiger charge is 2.07. The van der Waals surface area contributed by atoms with E-state index in [1.807, 2.05) is 6.07 Å². The Balaban J connectivity index is 2.28. The van der Waals surface area contributed by atoms with Crippen LogP contribution in [0.15, 0.2) is 30.5 Å². The molecule has 2 rings (SSSR count). The van der Waals surface area contributed by atoms with Gasteiger partial charge in [0.1, 0.15) is 0 Å². The predicted molar refractivity (Wildman–Crippen MR) is 64.3 cm³/mol. The minimum Gasteiger partial charge on any atom is -0.465 e. The summed E-state index contributed by atoms with van der Waals surface area (Å²) in [7, 11) is 1.33. The number of pyridine rings is 1. The fourth-order valence-electron chi connectivity index (χ4n) is 1.33. The van der Waals surface area contributed by atoms with Gasteiger partial charge in [-0.3, -0.25) is 9.78 Å². The van der Waals surface area contributed by atoms with Crippen molar-refractivity contribution in [3.8, 4) is 10.6 Å². The van der Waals surface area contributed by atoms with Crippen LogP contribution in [-0.4, -0.2) is 24.3 Å². The van der Waals surface area contributed by atoms with Gasteiger partial charge >= 0.3 is 5.97 Å². The molecule has 0 atom stereocenters. The number of thiophene rings is 1. The number of nitrogens with zero attached hydrogens (tertiary/aromatic N) is 1. The van der Waals surface area contributed by atoms with Crippen molar-refractivity contribution in [2.24, 2.45) is 0 Å². The molecular weight excluding hydrogens is 238 g/mol. The highest BCUT2D eigenvalue weighted by molar-refractivity contribution is 7.17. The van der Waals surface area contributed by atoms with Gasteiger partial charge < -0.3 is 4.74 Å². The number of methoxy groups -OCH3 is 1. The molecule has 4 nitrogen and oxygen atoms in total. The second kappa shape index (κ2) is 4.88. The quantitative estimate of drug-likeness (QED) is 0.617. The van der Waals surface area contributed by atoms with Gasteiger partial charge in [0.25, 0.3) is 0 Å². The van der Waals surface area contributed by atoms with E-state index in [1.54, 1.807) is 18.2 Å². The molecule has 17 heavy (non-hydrogen) atoms. The highest BCUT2D eigenvalue weighted by atomic mass is 32.1. The zero-order valence-electron chi connectivity index (χ0n) is 9.04. The van der Waals surface area contributed by atoms with E-state index in [0.29, 0.717) is 10.4 Å². The Morgan fingerprint density at radius 1 is 1.35 bits per heavy atom. The van der Waals surface area contributed by atoms with Gasteiger partial charge in [-0.25, -0.2) is 4.79 Å². The van der Waals surface area contributed by atoms with Crippen LogP contribution in [0.1, 0.15) is 20.0 Å². The van der Waals surface area contributed by atoms with Crippen molar-refractivity contribution < 1.29 is 14.3 Å². The monoisotopic (exact) mass is 247 g/mol. The molecule has 0 amide bonds. The van der Waals surface area contributed by atoms with Gasteiger partial charge in [0.15, 0.2) is 6.29 Å². The first-order valence-corrected chi connectivity index (χ1v) is 5.66. The third kappa shape index (κ3) is 2.39. The topological polar surface area (TPSA) is 56.3 Å². The summed E-state index contributed by atoms with van der Waals surface area (Å²) < 4.78 is 4.58. The normalized spacial score (nSPS) is 9.94. The summed E-state index contributed by atoms with van der Waals surface area (Å²) in [6, 6.07) is 6.94. The number of ether oxygens (including phenoxy) is 1. The number of rotatable bonds is 3. The Morgan fingerprint density at radius 3 is 2.71 bits per heavy atom. The Bertz CT molecular complexity index is 545. The lowest BCUT2D eigenvalue weighted by Crippen LogP contribution is -2.01. The first kappa shape index (κ1) is 11.5. The van der Waals surface area contributed by atoms with E-state index in [2.05, 4.69) is 9.72 Å². The lowest BCUT2D eigenvalue weighted by molar-refractivity contribution is 0.0600. The molecule has 5 heteroatoms. The van der Waals surface area contributed by atoms with Crippen molar-refractivity contribution in [1.29, 1.82) is 0 Å². The van der Waals surface area contributed by atoms with Crippen LogP contribution >= 0.6 is 11.3 Å². The SMILES string of the molecule is COC(=O)c1ccc(-c2ccc(C=O)s2)nc1. The van der Waals surface area contributed by atoms with Crippen LogP contribution in [0.3, 0.4) is 0 Å². The highest BCUT2D eigenvalue weighted by Crippen LogP contribution is 2.25. The first-order chi connectivity index (χ1) is 8.24. The molecule has 2 aromatic rings. The smallest absolute Gasteiger partial charge is 0.339 e. The van der Waals surface area contributed by atoms with Crippen LogP contribution in [0.5, 0.6) is 0 Å². The third-order valence-electron chi connectivity index (χ3n) is 2.18. The maximum absolute atomic E-state index is 11.2. The fourth-order valence-corrected chi connectivity index (χ4v) is 2.13. The van der Waals surface area contributed by atoms with Gasteiger partial charge in [0, 0.05) is 6.20 Å². The molecule has 0 aliphatic carbocycles. The van der Waals surface area contributed by atoms with Gasteiger partial charge in [-0.1, -0.05) is 0 Å². The van der Waals surface area contributed by atoms with Crippen LogP contribution in [-0.2, 0) is 4.74 Å². The van der Waals surface area contributed by atoms with Crippen molar-refractivity contribution >= 4 is 23.6 Å². The van der Waals surface area contributed by atoms with E-state index >= 15 is 0 Å². The molecule has 0 spiro atoms. The first-order valence-electron chi connectivity index (χ1n) is 4.84. The molecule has 0 aliphatic rings. The van der Waals surface area contributed by atoms with Crippen LogP contribution < -0.4 is 0 Å². The molecule has 0 aromatic carbocycles. The lowest BCUT2D eigenvalue weighted by atomic mass is 10.2. The molecule has 2 heterocycles. The fraction of sp³-hybridized carbons (Fsp3) is 0.0833. The molecule has 0 radical (unpaired) electrons. The molecule has 0 aliphatic heterocycles. The molecule has 0 unspecified atom stereocenters. The third-order valence-corrected chi connectivity index (χ3v) is 3.21. The molecule has 2 aromatic heterocycles. The van der Waals surface area contributed by atoms with Crippen LogP contribution in [0.2, 0.25) is 0 Å². The average Bonchev–Trinajstić information content (AvgIpc) is 2.87. The Hall–Kier alpha value is -2.01. The molecule has 0 saturated heterocycles. The van der Waals surface area contributed by atoms with E-state index in [9.17, 15) is 9.59 Å². The van der Waals surface area contributed by atoms with Crippen molar-refractivity contribution in [3.05, 3.63) is 40.9 Å². The van der Waals surface area contributed by atoms with E-state index in [-0.39, 0.29) is 0 Å². The lowest BCUT2D eigenvalue weighted by Gasteiger charge is -1.99. The van der Waals surface area contributed by atoms with Crippen LogP contribution in [0.4, 0.5) is 0 Å². The van der Waals surface area contributed by atoms with Crippen molar-refractivity contribution in [3.63, 3.8) is 0 Å². The predicted octanol–water partition coefficient (Wildman–Crippen LogP) is 2.41. The van der Waals surface area contributed by atoms with Gasteiger partial charge in [-0.05, 0) is 24.3 Å². The number of carbonyl (C=O) groups is 2. The summed E-state index contributed by atoms with van der Waals surface area (Å²) in [5.41, 5.74) is 1.14. The molecule has 0 bridgehead atoms. The average molecular weight is 247 g/mol. The zero-order valence-corrected chi connectivity index (χ0v) is 9.86. The zero-order chi connectivity index (χ0) is 12.3. The molecule has 0 N–H and O–H groups in total. The van der Waals surface area contributed by atoms with Gasteiger partial charge in [-0.2, -0.15) is 0 Å². The van der Waals surface area contributed by atoms with Gasteiger partial charge in [0.2, 0.25) is 0 Å². The summed E-state index contributed by atoms with van der Waals surface area (Å²) in [6.07, 6.45) is 2.26. The second-order valence-electron chi connectivity index (χ2n) is 3.24.